The van der Waals surface area contributed by atoms with Crippen molar-refractivity contribution in [2.24, 2.45) is 11.5 Å². The molecule has 0 radical (unpaired) electrons. The summed E-state index contributed by atoms with van der Waals surface area (Å²) in [5, 5.41) is 13.5. The predicted molar refractivity (Wildman–Crippen MR) is 69.4 cm³/mol. The van der Waals surface area contributed by atoms with E-state index in [0.717, 1.165) is 0 Å². The number of hydrogen-bond acceptors (Lipinski definition) is 4. The molecule has 0 aliphatic heterocycles. The van der Waals surface area contributed by atoms with Crippen molar-refractivity contribution >= 4 is 23.8 Å². The van der Waals surface area contributed by atoms with Gasteiger partial charge in [-0.15, -0.1) is 0 Å². The third-order valence-electron chi connectivity index (χ3n) is 2.42. The molecule has 0 saturated heterocycles. The molecule has 20 heavy (non-hydrogen) atoms. The van der Waals surface area contributed by atoms with Crippen LogP contribution in [-0.2, 0) is 14.4 Å². The van der Waals surface area contributed by atoms with E-state index in [-0.39, 0.29) is 19.3 Å². The van der Waals surface area contributed by atoms with Crippen LogP contribution >= 0.6 is 0 Å². The van der Waals surface area contributed by atoms with Gasteiger partial charge < -0.3 is 27.2 Å². The average molecular weight is 288 g/mol. The van der Waals surface area contributed by atoms with Crippen LogP contribution in [0.25, 0.3) is 0 Å². The molecule has 0 heterocycles. The molecule has 0 aromatic rings. The van der Waals surface area contributed by atoms with Gasteiger partial charge in [0.2, 0.25) is 11.8 Å². The number of unbranched alkanes of at least 4 members (excludes halogenated alkanes) is 1. The minimum absolute atomic E-state index is 0.0697. The smallest absolute Gasteiger partial charge is 0.326 e. The van der Waals surface area contributed by atoms with E-state index in [4.69, 9.17) is 16.6 Å². The lowest BCUT2D eigenvalue weighted by Crippen LogP contribution is -2.46. The fraction of sp³-hybridized carbons (Fsp3) is 0.636. The van der Waals surface area contributed by atoms with Gasteiger partial charge in [-0.2, -0.15) is 0 Å². The minimum atomic E-state index is -1.24. The monoisotopic (exact) mass is 288 g/mol. The average Bonchev–Trinajstić information content (AvgIpc) is 2.32. The van der Waals surface area contributed by atoms with Crippen molar-refractivity contribution in [1.29, 1.82) is 0 Å². The molecule has 114 valence electrons. The topological polar surface area (TPSA) is 165 Å². The Balaban J connectivity index is 3.92. The first-order valence-electron chi connectivity index (χ1n) is 6.16. The van der Waals surface area contributed by atoms with E-state index in [1.54, 1.807) is 0 Å². The molecule has 0 aromatic heterocycles. The van der Waals surface area contributed by atoms with E-state index in [1.807, 2.05) is 0 Å². The SMILES string of the molecule is NC(=O)CCCCNC(=O)N[C@H](CCC(N)=O)C(=O)O. The van der Waals surface area contributed by atoms with Crippen molar-refractivity contribution in [1.82, 2.24) is 10.6 Å². The van der Waals surface area contributed by atoms with Crippen molar-refractivity contribution in [3.63, 3.8) is 0 Å². The van der Waals surface area contributed by atoms with Crippen molar-refractivity contribution in [3.05, 3.63) is 0 Å². The van der Waals surface area contributed by atoms with Gasteiger partial charge in [0.1, 0.15) is 6.04 Å². The molecular formula is C11H20N4O5. The standard InChI is InChI=1S/C11H20N4O5/c12-8(16)3-1-2-6-14-11(20)15-7(10(18)19)4-5-9(13)17/h7H,1-6H2,(H2,12,16)(H2,13,17)(H,18,19)(H2,14,15,20)/t7-/m1/s1. The van der Waals surface area contributed by atoms with E-state index in [2.05, 4.69) is 10.6 Å². The van der Waals surface area contributed by atoms with Gasteiger partial charge in [0, 0.05) is 19.4 Å². The normalized spacial score (nSPS) is 11.4. The quantitative estimate of drug-likeness (QED) is 0.313. The lowest BCUT2D eigenvalue weighted by molar-refractivity contribution is -0.139. The summed E-state index contributed by atoms with van der Waals surface area (Å²) in [7, 11) is 0. The van der Waals surface area contributed by atoms with Crippen LogP contribution < -0.4 is 22.1 Å². The number of nitrogens with two attached hydrogens (primary N) is 2. The Bertz CT molecular complexity index is 372. The Morgan fingerprint density at radius 1 is 1.00 bits per heavy atom. The third kappa shape index (κ3) is 9.68. The number of carboxylic acid groups (broad SMARTS) is 1. The molecular weight excluding hydrogens is 268 g/mol. The van der Waals surface area contributed by atoms with E-state index in [0.29, 0.717) is 19.4 Å². The molecule has 0 aliphatic carbocycles. The zero-order valence-corrected chi connectivity index (χ0v) is 11.1. The van der Waals surface area contributed by atoms with Crippen LogP contribution in [0.2, 0.25) is 0 Å². The molecule has 0 aliphatic rings. The first-order valence-corrected chi connectivity index (χ1v) is 6.16. The highest BCUT2D eigenvalue weighted by molar-refractivity contribution is 5.83. The number of hydrogen-bond donors (Lipinski definition) is 5. The van der Waals surface area contributed by atoms with Crippen LogP contribution in [0, 0.1) is 0 Å². The summed E-state index contributed by atoms with van der Waals surface area (Å²) in [6, 6.07) is -1.82. The summed E-state index contributed by atoms with van der Waals surface area (Å²) < 4.78 is 0. The second-order valence-electron chi connectivity index (χ2n) is 4.22. The Hall–Kier alpha value is -2.32. The van der Waals surface area contributed by atoms with Gasteiger partial charge in [0.15, 0.2) is 0 Å². The van der Waals surface area contributed by atoms with E-state index < -0.39 is 29.9 Å². The number of rotatable bonds is 10. The van der Waals surface area contributed by atoms with Gasteiger partial charge >= 0.3 is 12.0 Å². The third-order valence-corrected chi connectivity index (χ3v) is 2.42. The van der Waals surface area contributed by atoms with Crippen LogP contribution in [0.3, 0.4) is 0 Å². The van der Waals surface area contributed by atoms with Gasteiger partial charge in [-0.25, -0.2) is 9.59 Å². The molecule has 7 N–H and O–H groups in total. The van der Waals surface area contributed by atoms with Crippen LogP contribution in [0.5, 0.6) is 0 Å². The van der Waals surface area contributed by atoms with Crippen LogP contribution in [0.4, 0.5) is 4.79 Å². The number of carboxylic acids is 1. The van der Waals surface area contributed by atoms with Gasteiger partial charge in [-0.05, 0) is 19.3 Å². The van der Waals surface area contributed by atoms with Gasteiger partial charge in [-0.3, -0.25) is 9.59 Å². The molecule has 0 aromatic carbocycles. The largest absolute Gasteiger partial charge is 0.480 e. The Morgan fingerprint density at radius 3 is 2.10 bits per heavy atom. The molecule has 0 unspecified atom stereocenters. The molecule has 9 heteroatoms. The zero-order chi connectivity index (χ0) is 15.5. The number of aliphatic carboxylic acids is 1. The number of primary amides is 2. The summed E-state index contributed by atoms with van der Waals surface area (Å²) in [4.78, 5) is 43.3. The highest BCUT2D eigenvalue weighted by Crippen LogP contribution is 1.97. The van der Waals surface area contributed by atoms with Crippen LogP contribution in [0.1, 0.15) is 32.1 Å². The summed E-state index contributed by atoms with van der Waals surface area (Å²) in [5.41, 5.74) is 9.86. The van der Waals surface area contributed by atoms with E-state index >= 15 is 0 Å². The van der Waals surface area contributed by atoms with E-state index in [1.165, 1.54) is 0 Å². The molecule has 0 saturated carbocycles. The second kappa shape index (κ2) is 9.59. The number of amides is 4. The summed E-state index contributed by atoms with van der Waals surface area (Å²) in [6.45, 7) is 0.293. The molecule has 0 bridgehead atoms. The Labute approximate surface area is 116 Å². The van der Waals surface area contributed by atoms with Crippen molar-refractivity contribution in [2.45, 2.75) is 38.1 Å². The van der Waals surface area contributed by atoms with Gasteiger partial charge in [0.05, 0.1) is 0 Å². The highest BCUT2D eigenvalue weighted by atomic mass is 16.4. The number of urea groups is 1. The summed E-state index contributed by atoms with van der Waals surface area (Å²) in [5.74, 6) is -2.29. The Morgan fingerprint density at radius 2 is 1.60 bits per heavy atom. The lowest BCUT2D eigenvalue weighted by atomic mass is 10.1. The lowest BCUT2D eigenvalue weighted by Gasteiger charge is -2.14. The van der Waals surface area contributed by atoms with Gasteiger partial charge in [-0.1, -0.05) is 0 Å². The number of carbonyl (C=O) groups is 4. The molecule has 0 fully saturated rings. The van der Waals surface area contributed by atoms with Gasteiger partial charge in [0.25, 0.3) is 0 Å². The number of carbonyl (C=O) groups excluding carboxylic acids is 3. The maximum atomic E-state index is 11.4. The highest BCUT2D eigenvalue weighted by Gasteiger charge is 2.20. The fourth-order valence-electron chi connectivity index (χ4n) is 1.38. The molecule has 0 spiro atoms. The second-order valence-corrected chi connectivity index (χ2v) is 4.22. The minimum Gasteiger partial charge on any atom is -0.480 e. The van der Waals surface area contributed by atoms with Crippen LogP contribution in [-0.4, -0.2) is 41.5 Å². The van der Waals surface area contributed by atoms with Crippen molar-refractivity contribution in [2.75, 3.05) is 6.54 Å². The zero-order valence-electron chi connectivity index (χ0n) is 11.1. The predicted octanol–water partition coefficient (Wildman–Crippen LogP) is -1.34. The first kappa shape index (κ1) is 17.7. The fourth-order valence-corrected chi connectivity index (χ4v) is 1.38. The molecule has 9 nitrogen and oxygen atoms in total. The molecule has 0 rings (SSSR count). The van der Waals surface area contributed by atoms with Crippen molar-refractivity contribution < 1.29 is 24.3 Å². The molecule has 1 atom stereocenters. The van der Waals surface area contributed by atoms with Crippen LogP contribution in [0.15, 0.2) is 0 Å². The number of nitrogens with one attached hydrogen (secondary N) is 2. The maximum absolute atomic E-state index is 11.4. The van der Waals surface area contributed by atoms with Crippen molar-refractivity contribution in [3.8, 4) is 0 Å². The molecule has 4 amide bonds. The summed E-state index contributed by atoms with van der Waals surface area (Å²) >= 11 is 0. The Kier molecular flexibility index (Phi) is 8.48. The first-order chi connectivity index (χ1) is 9.32. The maximum Gasteiger partial charge on any atom is 0.326 e. The summed E-state index contributed by atoms with van der Waals surface area (Å²) in [6.07, 6.45) is 1.13. The van der Waals surface area contributed by atoms with E-state index in [9.17, 15) is 19.2 Å².